The maximum absolute atomic E-state index is 11.6. The molecule has 1 heterocycles. The van der Waals surface area contributed by atoms with Gasteiger partial charge < -0.3 is 14.2 Å². The summed E-state index contributed by atoms with van der Waals surface area (Å²) in [4.78, 5) is 11.6. The molecule has 0 saturated carbocycles. The lowest BCUT2D eigenvalue weighted by atomic mass is 10.1. The van der Waals surface area contributed by atoms with Gasteiger partial charge in [-0.1, -0.05) is 6.08 Å². The highest BCUT2D eigenvalue weighted by Crippen LogP contribution is 2.10. The third kappa shape index (κ3) is 7.58. The number of unbranched alkanes of at least 4 members (excludes halogenated alkanes) is 1. The van der Waals surface area contributed by atoms with Crippen molar-refractivity contribution in [2.45, 2.75) is 38.2 Å². The Bertz CT molecular complexity index is 234. The Kier molecular flexibility index (Phi) is 8.73. The summed E-state index contributed by atoms with van der Waals surface area (Å²) in [6.45, 7) is 6.60. The average molecular weight is 256 g/mol. The first-order valence-electron chi connectivity index (χ1n) is 6.72. The van der Waals surface area contributed by atoms with Gasteiger partial charge in [0, 0.05) is 26.2 Å². The highest BCUT2D eigenvalue weighted by molar-refractivity contribution is 5.79. The van der Waals surface area contributed by atoms with E-state index in [0.29, 0.717) is 19.6 Å². The second kappa shape index (κ2) is 10.2. The molecule has 0 amide bonds. The van der Waals surface area contributed by atoms with Gasteiger partial charge in [0.1, 0.15) is 6.61 Å². The Hall–Kier alpha value is -0.710. The molecule has 104 valence electrons. The third-order valence-electron chi connectivity index (χ3n) is 2.88. The number of hydrogen-bond donors (Lipinski definition) is 0. The van der Waals surface area contributed by atoms with Crippen molar-refractivity contribution < 1.29 is 19.0 Å². The lowest BCUT2D eigenvalue weighted by Gasteiger charge is -2.21. The van der Waals surface area contributed by atoms with E-state index in [1.165, 1.54) is 0 Å². The zero-order chi connectivity index (χ0) is 13.1. The second-order valence-electron chi connectivity index (χ2n) is 4.48. The van der Waals surface area contributed by atoms with Crippen LogP contribution in [0.1, 0.15) is 32.1 Å². The topological polar surface area (TPSA) is 44.8 Å². The molecule has 0 bridgehead atoms. The molecule has 18 heavy (non-hydrogen) atoms. The Morgan fingerprint density at radius 1 is 1.33 bits per heavy atom. The van der Waals surface area contributed by atoms with Crippen LogP contribution in [0.3, 0.4) is 0 Å². The molecule has 0 atom stereocenters. The Labute approximate surface area is 109 Å². The first-order chi connectivity index (χ1) is 8.83. The minimum absolute atomic E-state index is 0.185. The number of Topliss-reactive ketones (excluding diaryl/α,β-unsaturated/α-hetero) is 1. The summed E-state index contributed by atoms with van der Waals surface area (Å²) in [6.07, 6.45) is 6.11. The molecule has 1 saturated heterocycles. The van der Waals surface area contributed by atoms with Crippen molar-refractivity contribution in [1.82, 2.24) is 0 Å². The molecule has 0 aromatic carbocycles. The van der Waals surface area contributed by atoms with E-state index in [2.05, 4.69) is 6.58 Å². The molecule has 1 fully saturated rings. The van der Waals surface area contributed by atoms with E-state index < -0.39 is 0 Å². The SMILES string of the molecule is C=CCOCCCCC(=O)COC1CCOCC1. The van der Waals surface area contributed by atoms with Crippen LogP contribution in [-0.4, -0.2) is 44.9 Å². The Balaban J connectivity index is 1.91. The highest BCUT2D eigenvalue weighted by Gasteiger charge is 2.15. The molecule has 1 aliphatic heterocycles. The fourth-order valence-corrected chi connectivity index (χ4v) is 1.82. The first kappa shape index (κ1) is 15.3. The van der Waals surface area contributed by atoms with Crippen molar-refractivity contribution in [2.75, 3.05) is 33.0 Å². The molecule has 0 aliphatic carbocycles. The summed E-state index contributed by atoms with van der Waals surface area (Å²) in [5.41, 5.74) is 0. The Morgan fingerprint density at radius 2 is 2.11 bits per heavy atom. The molecule has 4 nitrogen and oxygen atoms in total. The van der Waals surface area contributed by atoms with Gasteiger partial charge in [0.05, 0.1) is 12.7 Å². The summed E-state index contributed by atoms with van der Waals surface area (Å²) in [7, 11) is 0. The number of carbonyl (C=O) groups excluding carboxylic acids is 1. The predicted octanol–water partition coefficient (Wildman–Crippen LogP) is 2.12. The summed E-state index contributed by atoms with van der Waals surface area (Å²) in [5, 5.41) is 0. The van der Waals surface area contributed by atoms with Gasteiger partial charge in [-0.2, -0.15) is 0 Å². The van der Waals surface area contributed by atoms with Gasteiger partial charge in [0.15, 0.2) is 5.78 Å². The van der Waals surface area contributed by atoms with Crippen LogP contribution in [-0.2, 0) is 19.0 Å². The lowest BCUT2D eigenvalue weighted by Crippen LogP contribution is -2.25. The maximum Gasteiger partial charge on any atom is 0.158 e. The zero-order valence-electron chi connectivity index (χ0n) is 11.1. The molecule has 0 aromatic heterocycles. The first-order valence-corrected chi connectivity index (χ1v) is 6.72. The van der Waals surface area contributed by atoms with Gasteiger partial charge in [0.25, 0.3) is 0 Å². The van der Waals surface area contributed by atoms with Crippen molar-refractivity contribution in [3.63, 3.8) is 0 Å². The average Bonchev–Trinajstić information content (AvgIpc) is 2.41. The molecule has 0 spiro atoms. The number of rotatable bonds is 10. The molecular weight excluding hydrogens is 232 g/mol. The van der Waals surface area contributed by atoms with Crippen molar-refractivity contribution in [3.8, 4) is 0 Å². The predicted molar refractivity (Wildman–Crippen MR) is 69.7 cm³/mol. The van der Waals surface area contributed by atoms with E-state index in [1.807, 2.05) is 0 Å². The molecule has 0 aromatic rings. The van der Waals surface area contributed by atoms with Gasteiger partial charge in [-0.15, -0.1) is 6.58 Å². The van der Waals surface area contributed by atoms with E-state index in [1.54, 1.807) is 6.08 Å². The van der Waals surface area contributed by atoms with E-state index in [4.69, 9.17) is 14.2 Å². The van der Waals surface area contributed by atoms with Crippen LogP contribution in [0, 0.1) is 0 Å². The summed E-state index contributed by atoms with van der Waals surface area (Å²) in [5.74, 6) is 0.185. The fourth-order valence-electron chi connectivity index (χ4n) is 1.82. The molecule has 0 N–H and O–H groups in total. The highest BCUT2D eigenvalue weighted by atomic mass is 16.5. The molecule has 0 unspecified atom stereocenters. The summed E-state index contributed by atoms with van der Waals surface area (Å²) >= 11 is 0. The summed E-state index contributed by atoms with van der Waals surface area (Å²) in [6, 6.07) is 0. The van der Waals surface area contributed by atoms with Crippen molar-refractivity contribution in [3.05, 3.63) is 12.7 Å². The molecule has 1 aliphatic rings. The smallest absolute Gasteiger partial charge is 0.158 e. The minimum atomic E-state index is 0.185. The van der Waals surface area contributed by atoms with E-state index in [9.17, 15) is 4.79 Å². The van der Waals surface area contributed by atoms with Crippen LogP contribution in [0.4, 0.5) is 0 Å². The van der Waals surface area contributed by atoms with Crippen LogP contribution in [0.2, 0.25) is 0 Å². The molecule has 0 radical (unpaired) electrons. The van der Waals surface area contributed by atoms with Gasteiger partial charge in [-0.25, -0.2) is 0 Å². The van der Waals surface area contributed by atoms with Crippen molar-refractivity contribution in [1.29, 1.82) is 0 Å². The van der Waals surface area contributed by atoms with Crippen LogP contribution in [0.15, 0.2) is 12.7 Å². The van der Waals surface area contributed by atoms with Crippen LogP contribution >= 0.6 is 0 Å². The quantitative estimate of drug-likeness (QED) is 0.443. The van der Waals surface area contributed by atoms with Crippen molar-refractivity contribution >= 4 is 5.78 Å². The minimum Gasteiger partial charge on any atom is -0.381 e. The van der Waals surface area contributed by atoms with Crippen molar-refractivity contribution in [2.24, 2.45) is 0 Å². The number of ether oxygens (including phenoxy) is 3. The normalized spacial score (nSPS) is 16.7. The van der Waals surface area contributed by atoms with Crippen LogP contribution in [0.5, 0.6) is 0 Å². The zero-order valence-corrected chi connectivity index (χ0v) is 11.1. The monoisotopic (exact) mass is 256 g/mol. The van der Waals surface area contributed by atoms with E-state index in [-0.39, 0.29) is 18.5 Å². The lowest BCUT2D eigenvalue weighted by molar-refractivity contribution is -0.127. The molecular formula is C14H24O4. The second-order valence-corrected chi connectivity index (χ2v) is 4.48. The largest absolute Gasteiger partial charge is 0.381 e. The third-order valence-corrected chi connectivity index (χ3v) is 2.88. The van der Waals surface area contributed by atoms with E-state index >= 15 is 0 Å². The number of ketones is 1. The van der Waals surface area contributed by atoms with Crippen LogP contribution in [0.25, 0.3) is 0 Å². The molecule has 4 heteroatoms. The van der Waals surface area contributed by atoms with Crippen LogP contribution < -0.4 is 0 Å². The fraction of sp³-hybridized carbons (Fsp3) is 0.786. The van der Waals surface area contributed by atoms with Gasteiger partial charge >= 0.3 is 0 Å². The number of carbonyl (C=O) groups is 1. The summed E-state index contributed by atoms with van der Waals surface area (Å²) < 4.78 is 16.0. The van der Waals surface area contributed by atoms with Gasteiger partial charge in [0.2, 0.25) is 0 Å². The Morgan fingerprint density at radius 3 is 2.83 bits per heavy atom. The molecule has 1 rings (SSSR count). The van der Waals surface area contributed by atoms with Gasteiger partial charge in [-0.05, 0) is 25.7 Å². The van der Waals surface area contributed by atoms with Gasteiger partial charge in [-0.3, -0.25) is 4.79 Å². The van der Waals surface area contributed by atoms with E-state index in [0.717, 1.165) is 38.9 Å². The number of hydrogen-bond acceptors (Lipinski definition) is 4. The standard InChI is InChI=1S/C14H24O4/c1-2-8-16-9-4-3-5-13(15)12-18-14-6-10-17-11-7-14/h2,14H,1,3-12H2. The maximum atomic E-state index is 11.6.